The maximum Gasteiger partial charge on any atom is 0.188 e. The fourth-order valence-electron chi connectivity index (χ4n) is 1.59. The number of hydrogen-bond donors (Lipinski definition) is 0. The second kappa shape index (κ2) is 16.5. The molecule has 0 radical (unpaired) electrons. The van der Waals surface area contributed by atoms with Gasteiger partial charge in [0.2, 0.25) is 0 Å². The first-order chi connectivity index (χ1) is 9.85. The van der Waals surface area contributed by atoms with Crippen molar-refractivity contribution >= 4 is 0 Å². The fourth-order valence-corrected chi connectivity index (χ4v) is 1.59. The van der Waals surface area contributed by atoms with Gasteiger partial charge in [-0.25, -0.2) is 0 Å². The van der Waals surface area contributed by atoms with E-state index in [9.17, 15) is 0 Å². The molecule has 0 aliphatic rings. The van der Waals surface area contributed by atoms with E-state index in [-0.39, 0.29) is 6.29 Å². The molecule has 120 valence electrons. The third kappa shape index (κ3) is 13.8. The molecular weight excluding hydrogens is 256 g/mol. The molecule has 0 aromatic heterocycles. The van der Waals surface area contributed by atoms with Gasteiger partial charge >= 0.3 is 0 Å². The Morgan fingerprint density at radius 1 is 0.950 bits per heavy atom. The van der Waals surface area contributed by atoms with Gasteiger partial charge < -0.3 is 18.9 Å². The number of ether oxygens (including phenoxy) is 4. The summed E-state index contributed by atoms with van der Waals surface area (Å²) >= 11 is 0. The first-order valence-corrected chi connectivity index (χ1v) is 7.92. The third-order valence-corrected chi connectivity index (χ3v) is 2.62. The van der Waals surface area contributed by atoms with Crippen molar-refractivity contribution in [1.29, 1.82) is 0 Å². The lowest BCUT2D eigenvalue weighted by Gasteiger charge is -2.17. The average molecular weight is 288 g/mol. The molecule has 0 unspecified atom stereocenters. The number of allylic oxidation sites excluding steroid dienone is 1. The molecule has 0 aliphatic carbocycles. The van der Waals surface area contributed by atoms with Gasteiger partial charge in [0.05, 0.1) is 6.26 Å². The summed E-state index contributed by atoms with van der Waals surface area (Å²) in [7, 11) is 0. The van der Waals surface area contributed by atoms with Crippen molar-refractivity contribution in [2.45, 2.75) is 65.6 Å². The molecule has 4 nitrogen and oxygen atoms in total. The fraction of sp³-hybridized carbons (Fsp3) is 0.875. The highest BCUT2D eigenvalue weighted by atomic mass is 16.7. The van der Waals surface area contributed by atoms with Crippen LogP contribution in [0.25, 0.3) is 0 Å². The smallest absolute Gasteiger partial charge is 0.188 e. The van der Waals surface area contributed by atoms with Gasteiger partial charge in [0, 0.05) is 19.8 Å². The molecule has 0 rings (SSSR count). The molecular formula is C16H32O4. The highest BCUT2D eigenvalue weighted by Crippen LogP contribution is 2.10. The van der Waals surface area contributed by atoms with Gasteiger partial charge in [0.25, 0.3) is 0 Å². The Bertz CT molecular complexity index is 199. The maximum absolute atomic E-state index is 5.68. The first-order valence-electron chi connectivity index (χ1n) is 7.92. The Labute approximate surface area is 124 Å². The molecule has 0 heterocycles. The molecule has 0 N–H and O–H groups in total. The second-order valence-corrected chi connectivity index (χ2v) is 4.60. The molecule has 0 aliphatic heterocycles. The molecule has 4 heteroatoms. The van der Waals surface area contributed by atoms with Crippen LogP contribution in [0.3, 0.4) is 0 Å². The van der Waals surface area contributed by atoms with Crippen molar-refractivity contribution in [3.63, 3.8) is 0 Å². The minimum absolute atomic E-state index is 0.0342. The lowest BCUT2D eigenvalue weighted by atomic mass is 10.2. The summed E-state index contributed by atoms with van der Waals surface area (Å²) in [4.78, 5) is 0. The Morgan fingerprint density at radius 3 is 2.25 bits per heavy atom. The predicted octanol–water partition coefficient (Wildman–Crippen LogP) is 4.25. The zero-order valence-corrected chi connectivity index (χ0v) is 13.4. The van der Waals surface area contributed by atoms with E-state index >= 15 is 0 Å². The van der Waals surface area contributed by atoms with Gasteiger partial charge in [0.1, 0.15) is 0 Å². The van der Waals surface area contributed by atoms with Crippen LogP contribution in [0.15, 0.2) is 12.3 Å². The lowest BCUT2D eigenvalue weighted by molar-refractivity contribution is -0.146. The van der Waals surface area contributed by atoms with Crippen LogP contribution in [0.2, 0.25) is 0 Å². The van der Waals surface area contributed by atoms with Crippen molar-refractivity contribution < 1.29 is 18.9 Å². The van der Waals surface area contributed by atoms with Crippen LogP contribution in [0.4, 0.5) is 0 Å². The zero-order chi connectivity index (χ0) is 14.9. The van der Waals surface area contributed by atoms with Gasteiger partial charge in [-0.05, 0) is 51.5 Å². The summed E-state index contributed by atoms with van der Waals surface area (Å²) < 4.78 is 21.6. The summed E-state index contributed by atoms with van der Waals surface area (Å²) in [6.45, 7) is 8.76. The van der Waals surface area contributed by atoms with Gasteiger partial charge in [-0.15, -0.1) is 0 Å². The topological polar surface area (TPSA) is 36.9 Å². The monoisotopic (exact) mass is 288 g/mol. The van der Waals surface area contributed by atoms with Gasteiger partial charge in [0.15, 0.2) is 13.1 Å². The third-order valence-electron chi connectivity index (χ3n) is 2.62. The molecule has 20 heavy (non-hydrogen) atoms. The summed E-state index contributed by atoms with van der Waals surface area (Å²) in [5.41, 5.74) is 0. The van der Waals surface area contributed by atoms with E-state index < -0.39 is 0 Å². The van der Waals surface area contributed by atoms with E-state index in [1.165, 1.54) is 0 Å². The Balaban J connectivity index is 3.51. The maximum atomic E-state index is 5.68. The van der Waals surface area contributed by atoms with Crippen LogP contribution in [0.5, 0.6) is 0 Å². The lowest BCUT2D eigenvalue weighted by Crippen LogP contribution is -2.18. The summed E-state index contributed by atoms with van der Waals surface area (Å²) in [5, 5.41) is 0. The van der Waals surface area contributed by atoms with Crippen LogP contribution >= 0.6 is 0 Å². The molecule has 0 saturated heterocycles. The number of unbranched alkanes of at least 4 members (excludes halogenated alkanes) is 2. The normalized spacial score (nSPS) is 11.6. The van der Waals surface area contributed by atoms with Gasteiger partial charge in [-0.1, -0.05) is 13.8 Å². The van der Waals surface area contributed by atoms with E-state index in [2.05, 4.69) is 13.8 Å². The SMILES string of the molecule is CCCOC(CCCCC=COCOCC)OCCC. The Hall–Kier alpha value is -0.580. The van der Waals surface area contributed by atoms with Crippen LogP contribution in [0, 0.1) is 0 Å². The highest BCUT2D eigenvalue weighted by Gasteiger charge is 2.07. The Kier molecular flexibility index (Phi) is 16.0. The minimum atomic E-state index is -0.0342. The largest absolute Gasteiger partial charge is 0.475 e. The van der Waals surface area contributed by atoms with Crippen molar-refractivity contribution in [3.8, 4) is 0 Å². The van der Waals surface area contributed by atoms with E-state index in [1.54, 1.807) is 6.26 Å². The molecule has 0 saturated carbocycles. The minimum Gasteiger partial charge on any atom is -0.475 e. The molecule has 0 atom stereocenters. The first kappa shape index (κ1) is 19.4. The van der Waals surface area contributed by atoms with Gasteiger partial charge in [-0.3, -0.25) is 0 Å². The van der Waals surface area contributed by atoms with Crippen molar-refractivity contribution in [3.05, 3.63) is 12.3 Å². The van der Waals surface area contributed by atoms with Crippen molar-refractivity contribution in [1.82, 2.24) is 0 Å². The van der Waals surface area contributed by atoms with Crippen LogP contribution in [0.1, 0.15) is 59.3 Å². The molecule has 0 fully saturated rings. The summed E-state index contributed by atoms with van der Waals surface area (Å²) in [6.07, 6.45) is 9.99. The highest BCUT2D eigenvalue weighted by molar-refractivity contribution is 4.72. The van der Waals surface area contributed by atoms with E-state index in [0.29, 0.717) is 13.4 Å². The number of rotatable bonds is 15. The van der Waals surface area contributed by atoms with E-state index in [1.807, 2.05) is 13.0 Å². The van der Waals surface area contributed by atoms with Crippen LogP contribution in [-0.2, 0) is 18.9 Å². The molecule has 0 aromatic carbocycles. The Morgan fingerprint density at radius 2 is 1.65 bits per heavy atom. The summed E-state index contributed by atoms with van der Waals surface area (Å²) in [5.74, 6) is 0. The zero-order valence-electron chi connectivity index (χ0n) is 13.4. The molecule has 0 amide bonds. The predicted molar refractivity (Wildman–Crippen MR) is 81.5 cm³/mol. The standard InChI is InChI=1S/C16H32O4/c1-4-12-19-16(20-13-5-2)11-9-7-8-10-14-18-15-17-6-3/h10,14,16H,4-9,11-13,15H2,1-3H3. The van der Waals surface area contributed by atoms with Crippen LogP contribution in [-0.4, -0.2) is 32.9 Å². The van der Waals surface area contributed by atoms with Crippen molar-refractivity contribution in [2.75, 3.05) is 26.6 Å². The van der Waals surface area contributed by atoms with Gasteiger partial charge in [-0.2, -0.15) is 0 Å². The molecule has 0 spiro atoms. The van der Waals surface area contributed by atoms with Crippen LogP contribution < -0.4 is 0 Å². The van der Waals surface area contributed by atoms with E-state index in [0.717, 1.165) is 51.7 Å². The summed E-state index contributed by atoms with van der Waals surface area (Å²) in [6, 6.07) is 0. The second-order valence-electron chi connectivity index (χ2n) is 4.60. The van der Waals surface area contributed by atoms with E-state index in [4.69, 9.17) is 18.9 Å². The average Bonchev–Trinajstić information content (AvgIpc) is 2.47. The quantitative estimate of drug-likeness (QED) is 0.256. The number of hydrogen-bond acceptors (Lipinski definition) is 4. The van der Waals surface area contributed by atoms with Crippen molar-refractivity contribution in [2.24, 2.45) is 0 Å². The molecule has 0 bridgehead atoms. The molecule has 0 aromatic rings.